The Morgan fingerprint density at radius 2 is 2.33 bits per heavy atom. The van der Waals surface area contributed by atoms with Gasteiger partial charge in [-0.25, -0.2) is 4.98 Å². The van der Waals surface area contributed by atoms with E-state index in [4.69, 9.17) is 11.6 Å². The van der Waals surface area contributed by atoms with E-state index >= 15 is 0 Å². The molecule has 2 aromatic rings. The minimum Gasteiger partial charge on any atom is -0.309 e. The van der Waals surface area contributed by atoms with Crippen molar-refractivity contribution in [2.45, 2.75) is 26.2 Å². The first-order valence-corrected chi connectivity index (χ1v) is 7.17. The third-order valence-corrected chi connectivity index (χ3v) is 3.59. The van der Waals surface area contributed by atoms with Crippen LogP contribution in [0.25, 0.3) is 5.95 Å². The van der Waals surface area contributed by atoms with E-state index in [-0.39, 0.29) is 17.3 Å². The van der Waals surface area contributed by atoms with Crippen molar-refractivity contribution < 1.29 is 4.79 Å². The van der Waals surface area contributed by atoms with Crippen LogP contribution >= 0.6 is 11.6 Å². The third kappa shape index (κ3) is 2.56. The number of H-pyrrole nitrogens is 1. The molecule has 8 heteroatoms. The zero-order chi connectivity index (χ0) is 15.0. The van der Waals surface area contributed by atoms with E-state index in [1.807, 2.05) is 0 Å². The van der Waals surface area contributed by atoms with Crippen molar-refractivity contribution in [3.05, 3.63) is 33.4 Å². The quantitative estimate of drug-likeness (QED) is 0.825. The number of aromatic nitrogens is 4. The number of aryl methyl sites for hydroxylation is 2. The number of nitrogens with one attached hydrogen (secondary N) is 2. The zero-order valence-electron chi connectivity index (χ0n) is 11.4. The van der Waals surface area contributed by atoms with E-state index in [1.54, 1.807) is 13.0 Å². The number of aromatic amines is 1. The molecule has 1 aliphatic carbocycles. The van der Waals surface area contributed by atoms with Crippen molar-refractivity contribution in [2.75, 3.05) is 11.2 Å². The van der Waals surface area contributed by atoms with Crippen molar-refractivity contribution in [3.8, 4) is 5.95 Å². The van der Waals surface area contributed by atoms with E-state index in [2.05, 4.69) is 20.4 Å². The molecule has 3 rings (SSSR count). The van der Waals surface area contributed by atoms with Crippen LogP contribution in [0.1, 0.15) is 23.4 Å². The maximum absolute atomic E-state index is 12.1. The van der Waals surface area contributed by atoms with Crippen LogP contribution < -0.4 is 10.9 Å². The summed E-state index contributed by atoms with van der Waals surface area (Å²) in [6.45, 7) is 1.79. The second kappa shape index (κ2) is 5.33. The summed E-state index contributed by atoms with van der Waals surface area (Å²) in [5, 5.41) is 6.90. The van der Waals surface area contributed by atoms with Crippen molar-refractivity contribution in [1.29, 1.82) is 0 Å². The Kier molecular flexibility index (Phi) is 3.50. The van der Waals surface area contributed by atoms with Gasteiger partial charge in [0.25, 0.3) is 5.56 Å². The van der Waals surface area contributed by atoms with Gasteiger partial charge in [-0.05, 0) is 26.2 Å². The molecule has 1 amide bonds. The van der Waals surface area contributed by atoms with Crippen molar-refractivity contribution in [3.63, 3.8) is 0 Å². The Labute approximate surface area is 125 Å². The fourth-order valence-corrected chi connectivity index (χ4v) is 2.52. The van der Waals surface area contributed by atoms with Crippen LogP contribution in [-0.4, -0.2) is 31.5 Å². The highest BCUT2D eigenvalue weighted by Crippen LogP contribution is 2.19. The summed E-state index contributed by atoms with van der Waals surface area (Å²) >= 11 is 5.49. The van der Waals surface area contributed by atoms with Gasteiger partial charge in [0.15, 0.2) is 0 Å². The van der Waals surface area contributed by atoms with Crippen LogP contribution in [0.2, 0.25) is 0 Å². The number of halogens is 1. The molecule has 2 N–H and O–H groups in total. The van der Waals surface area contributed by atoms with E-state index in [9.17, 15) is 9.59 Å². The largest absolute Gasteiger partial charge is 0.309 e. The predicted molar refractivity (Wildman–Crippen MR) is 78.1 cm³/mol. The lowest BCUT2D eigenvalue weighted by Crippen LogP contribution is -2.21. The Bertz CT molecular complexity index is 764. The van der Waals surface area contributed by atoms with Crippen LogP contribution in [0.15, 0.2) is 10.9 Å². The number of nitrogens with zero attached hydrogens (tertiary/aromatic N) is 3. The molecular formula is C13H14ClN5O2. The number of fused-ring (bicyclic) bond motifs is 1. The van der Waals surface area contributed by atoms with Crippen molar-refractivity contribution >= 4 is 23.3 Å². The molecule has 110 valence electrons. The number of hydrogen-bond donors (Lipinski definition) is 2. The molecule has 0 fully saturated rings. The van der Waals surface area contributed by atoms with Gasteiger partial charge in [-0.15, -0.1) is 11.6 Å². The van der Waals surface area contributed by atoms with Gasteiger partial charge in [-0.1, -0.05) is 0 Å². The van der Waals surface area contributed by atoms with Crippen LogP contribution in [-0.2, 0) is 17.6 Å². The number of rotatable bonds is 3. The maximum atomic E-state index is 12.1. The smallest absolute Gasteiger partial charge is 0.255 e. The van der Waals surface area contributed by atoms with Gasteiger partial charge < -0.3 is 5.32 Å². The first-order valence-electron chi connectivity index (χ1n) is 6.63. The molecule has 2 heterocycles. The number of amides is 1. The molecule has 0 unspecified atom stereocenters. The molecule has 0 spiro atoms. The highest BCUT2D eigenvalue weighted by molar-refractivity contribution is 6.29. The number of alkyl halides is 1. The van der Waals surface area contributed by atoms with Gasteiger partial charge >= 0.3 is 0 Å². The number of carbonyl (C=O) groups excluding carboxylic acids is 1. The SMILES string of the molecule is Cc1cc(NC(=O)CCl)n(-c2nc3c(c(=O)[nH]2)CCC3)n1. The summed E-state index contributed by atoms with van der Waals surface area (Å²) in [6.07, 6.45) is 2.48. The highest BCUT2D eigenvalue weighted by Gasteiger charge is 2.19. The number of carbonyl (C=O) groups is 1. The monoisotopic (exact) mass is 307 g/mol. The van der Waals surface area contributed by atoms with E-state index in [0.717, 1.165) is 30.5 Å². The van der Waals surface area contributed by atoms with Crippen LogP contribution in [0.4, 0.5) is 5.82 Å². The van der Waals surface area contributed by atoms with E-state index < -0.39 is 0 Å². The third-order valence-electron chi connectivity index (χ3n) is 3.35. The Morgan fingerprint density at radius 3 is 3.10 bits per heavy atom. The van der Waals surface area contributed by atoms with Gasteiger partial charge in [0.05, 0.1) is 11.4 Å². The molecule has 0 saturated heterocycles. The molecule has 0 aliphatic heterocycles. The number of anilines is 1. The molecule has 0 saturated carbocycles. The summed E-state index contributed by atoms with van der Waals surface area (Å²) in [7, 11) is 0. The lowest BCUT2D eigenvalue weighted by molar-refractivity contribution is -0.114. The van der Waals surface area contributed by atoms with Crippen LogP contribution in [0.3, 0.4) is 0 Å². The summed E-state index contributed by atoms with van der Waals surface area (Å²) in [5.74, 6) is 0.234. The van der Waals surface area contributed by atoms with Gasteiger partial charge in [0, 0.05) is 11.6 Å². The zero-order valence-corrected chi connectivity index (χ0v) is 12.2. The molecule has 0 radical (unpaired) electrons. The first kappa shape index (κ1) is 13.8. The predicted octanol–water partition coefficient (Wildman–Crippen LogP) is 0.930. The molecule has 1 aliphatic rings. The average molecular weight is 308 g/mol. The minimum atomic E-state index is -0.346. The Balaban J connectivity index is 2.07. The van der Waals surface area contributed by atoms with Gasteiger partial charge in [0.1, 0.15) is 11.7 Å². The second-order valence-corrected chi connectivity index (χ2v) is 5.20. The molecule has 21 heavy (non-hydrogen) atoms. The summed E-state index contributed by atoms with van der Waals surface area (Å²) in [4.78, 5) is 30.7. The fourth-order valence-electron chi connectivity index (χ4n) is 2.46. The van der Waals surface area contributed by atoms with Crippen molar-refractivity contribution in [1.82, 2.24) is 19.7 Å². The standard InChI is InChI=1S/C13H14ClN5O2/c1-7-5-10(16-11(20)6-14)19(18-7)13-15-9-4-2-3-8(9)12(21)17-13/h5H,2-4,6H2,1H3,(H,16,20)(H,15,17,21). The van der Waals surface area contributed by atoms with E-state index in [1.165, 1.54) is 4.68 Å². The second-order valence-electron chi connectivity index (χ2n) is 4.93. The summed E-state index contributed by atoms with van der Waals surface area (Å²) < 4.78 is 1.42. The Hall–Kier alpha value is -2.15. The van der Waals surface area contributed by atoms with Gasteiger partial charge in [-0.2, -0.15) is 9.78 Å². The summed E-state index contributed by atoms with van der Waals surface area (Å²) in [5.41, 5.74) is 2.10. The highest BCUT2D eigenvalue weighted by atomic mass is 35.5. The molecule has 2 aromatic heterocycles. The van der Waals surface area contributed by atoms with Gasteiger partial charge in [0.2, 0.25) is 11.9 Å². The van der Waals surface area contributed by atoms with Crippen molar-refractivity contribution in [2.24, 2.45) is 0 Å². The minimum absolute atomic E-state index is 0.143. The fraction of sp³-hybridized carbons (Fsp3) is 0.385. The summed E-state index contributed by atoms with van der Waals surface area (Å²) in [6, 6.07) is 1.69. The number of hydrogen-bond acceptors (Lipinski definition) is 4. The first-order chi connectivity index (χ1) is 10.1. The average Bonchev–Trinajstić information content (AvgIpc) is 3.05. The lowest BCUT2D eigenvalue weighted by Gasteiger charge is -2.08. The molecular weight excluding hydrogens is 294 g/mol. The Morgan fingerprint density at radius 1 is 1.52 bits per heavy atom. The van der Waals surface area contributed by atoms with E-state index in [0.29, 0.717) is 17.5 Å². The molecule has 0 bridgehead atoms. The normalized spacial score (nSPS) is 13.2. The van der Waals surface area contributed by atoms with Crippen LogP contribution in [0, 0.1) is 6.92 Å². The lowest BCUT2D eigenvalue weighted by atomic mass is 10.3. The molecule has 7 nitrogen and oxygen atoms in total. The molecule has 0 atom stereocenters. The maximum Gasteiger partial charge on any atom is 0.255 e. The molecule has 0 aromatic carbocycles. The van der Waals surface area contributed by atoms with Gasteiger partial charge in [-0.3, -0.25) is 14.6 Å². The van der Waals surface area contributed by atoms with Crippen LogP contribution in [0.5, 0.6) is 0 Å². The topological polar surface area (TPSA) is 92.7 Å².